The Labute approximate surface area is 128 Å². The van der Waals surface area contributed by atoms with Crippen LogP contribution in [0.4, 0.5) is 5.82 Å². The predicted octanol–water partition coefficient (Wildman–Crippen LogP) is 3.39. The fraction of sp³-hybridized carbons (Fsp3) is 0.176. The molecule has 1 amide bonds. The maximum absolute atomic E-state index is 12.1. The summed E-state index contributed by atoms with van der Waals surface area (Å²) < 4.78 is 6.89. The number of amides is 1. The van der Waals surface area contributed by atoms with E-state index in [1.54, 1.807) is 16.8 Å². The Morgan fingerprint density at radius 1 is 1.23 bits per heavy atom. The van der Waals surface area contributed by atoms with E-state index in [0.29, 0.717) is 12.4 Å². The van der Waals surface area contributed by atoms with Gasteiger partial charge in [0.05, 0.1) is 18.5 Å². The summed E-state index contributed by atoms with van der Waals surface area (Å²) >= 11 is 0. The maximum Gasteiger partial charge on any atom is 0.292 e. The van der Waals surface area contributed by atoms with E-state index in [4.69, 9.17) is 4.42 Å². The van der Waals surface area contributed by atoms with E-state index >= 15 is 0 Å². The summed E-state index contributed by atoms with van der Waals surface area (Å²) in [5, 5.41) is 7.28. The number of benzene rings is 1. The number of hydrogen-bond acceptors (Lipinski definition) is 3. The number of hydrogen-bond donors (Lipinski definition) is 1. The average molecular weight is 295 g/mol. The minimum Gasteiger partial charge on any atom is -0.459 e. The van der Waals surface area contributed by atoms with Gasteiger partial charge in [0.15, 0.2) is 5.76 Å². The lowest BCUT2D eigenvalue weighted by molar-refractivity contribution is 0.0995. The van der Waals surface area contributed by atoms with Gasteiger partial charge < -0.3 is 9.73 Å². The molecule has 0 bridgehead atoms. The Morgan fingerprint density at radius 2 is 2.09 bits per heavy atom. The Bertz CT molecular complexity index is 788. The molecule has 22 heavy (non-hydrogen) atoms. The van der Waals surface area contributed by atoms with Gasteiger partial charge in [-0.05, 0) is 31.5 Å². The van der Waals surface area contributed by atoms with Crippen molar-refractivity contribution >= 4 is 11.7 Å². The third kappa shape index (κ3) is 3.09. The molecule has 0 saturated carbocycles. The van der Waals surface area contributed by atoms with Crippen molar-refractivity contribution in [2.75, 3.05) is 5.32 Å². The molecule has 0 fully saturated rings. The van der Waals surface area contributed by atoms with Crippen LogP contribution in [-0.2, 0) is 6.54 Å². The minimum absolute atomic E-state index is 0.279. The smallest absolute Gasteiger partial charge is 0.292 e. The molecule has 0 aliphatic heterocycles. The summed E-state index contributed by atoms with van der Waals surface area (Å²) in [6.45, 7) is 4.55. The summed E-state index contributed by atoms with van der Waals surface area (Å²) in [6, 6.07) is 13.4. The van der Waals surface area contributed by atoms with Crippen molar-refractivity contribution in [3.05, 3.63) is 71.3 Å². The first-order valence-corrected chi connectivity index (χ1v) is 7.07. The van der Waals surface area contributed by atoms with E-state index in [9.17, 15) is 4.79 Å². The highest BCUT2D eigenvalue weighted by Gasteiger charge is 2.13. The number of nitrogens with zero attached hydrogens (tertiary/aromatic N) is 2. The molecule has 0 atom stereocenters. The van der Waals surface area contributed by atoms with E-state index in [1.165, 1.54) is 11.8 Å². The number of furan rings is 1. The van der Waals surface area contributed by atoms with Gasteiger partial charge in [0, 0.05) is 6.07 Å². The fourth-order valence-corrected chi connectivity index (χ4v) is 2.34. The number of aryl methyl sites for hydroxylation is 2. The molecular formula is C17H17N3O2. The van der Waals surface area contributed by atoms with Gasteiger partial charge in [-0.1, -0.05) is 29.8 Å². The summed E-state index contributed by atoms with van der Waals surface area (Å²) in [5.41, 5.74) is 3.18. The fourth-order valence-electron chi connectivity index (χ4n) is 2.34. The van der Waals surface area contributed by atoms with Gasteiger partial charge in [-0.15, -0.1) is 0 Å². The topological polar surface area (TPSA) is 60.1 Å². The van der Waals surface area contributed by atoms with Crippen molar-refractivity contribution in [2.45, 2.75) is 20.4 Å². The second-order valence-electron chi connectivity index (χ2n) is 5.25. The van der Waals surface area contributed by atoms with Crippen LogP contribution in [0.1, 0.15) is 27.4 Å². The third-order valence-electron chi connectivity index (χ3n) is 3.30. The highest BCUT2D eigenvalue weighted by atomic mass is 16.3. The SMILES string of the molecule is Cc1cccc(Cn2nc(C)cc2NC(=O)c2ccco2)c1. The minimum atomic E-state index is -0.282. The van der Waals surface area contributed by atoms with Crippen molar-refractivity contribution in [3.63, 3.8) is 0 Å². The quantitative estimate of drug-likeness (QED) is 0.802. The van der Waals surface area contributed by atoms with Gasteiger partial charge in [0.1, 0.15) is 5.82 Å². The average Bonchev–Trinajstić information content (AvgIpc) is 3.09. The van der Waals surface area contributed by atoms with Crippen molar-refractivity contribution < 1.29 is 9.21 Å². The molecule has 5 heteroatoms. The molecular weight excluding hydrogens is 278 g/mol. The van der Waals surface area contributed by atoms with E-state index in [1.807, 2.05) is 25.1 Å². The van der Waals surface area contributed by atoms with Gasteiger partial charge in [-0.2, -0.15) is 5.10 Å². The number of carbonyl (C=O) groups excluding carboxylic acids is 1. The van der Waals surface area contributed by atoms with Crippen LogP contribution in [0.3, 0.4) is 0 Å². The first-order valence-electron chi connectivity index (χ1n) is 7.07. The maximum atomic E-state index is 12.1. The Balaban J connectivity index is 1.82. The third-order valence-corrected chi connectivity index (χ3v) is 3.30. The zero-order valence-electron chi connectivity index (χ0n) is 12.5. The van der Waals surface area contributed by atoms with Crippen molar-refractivity contribution in [3.8, 4) is 0 Å². The Kier molecular flexibility index (Phi) is 3.78. The van der Waals surface area contributed by atoms with Crippen LogP contribution < -0.4 is 5.32 Å². The molecule has 1 N–H and O–H groups in total. The Hall–Kier alpha value is -2.82. The summed E-state index contributed by atoms with van der Waals surface area (Å²) in [5.74, 6) is 0.650. The number of carbonyl (C=O) groups is 1. The van der Waals surface area contributed by atoms with E-state index in [-0.39, 0.29) is 11.7 Å². The molecule has 0 unspecified atom stereocenters. The summed E-state index contributed by atoms with van der Waals surface area (Å²) in [7, 11) is 0. The zero-order chi connectivity index (χ0) is 15.5. The first kappa shape index (κ1) is 14.1. The van der Waals surface area contributed by atoms with Crippen LogP contribution >= 0.6 is 0 Å². The molecule has 1 aromatic carbocycles. The molecule has 3 aromatic rings. The van der Waals surface area contributed by atoms with Crippen LogP contribution in [-0.4, -0.2) is 15.7 Å². The van der Waals surface area contributed by atoms with Crippen LogP contribution in [0, 0.1) is 13.8 Å². The lowest BCUT2D eigenvalue weighted by Gasteiger charge is -2.08. The van der Waals surface area contributed by atoms with Crippen LogP contribution in [0.2, 0.25) is 0 Å². The molecule has 0 spiro atoms. The standard InChI is InChI=1S/C17H17N3O2/c1-12-5-3-6-14(9-12)11-20-16(10-13(2)19-20)18-17(21)15-7-4-8-22-15/h3-10H,11H2,1-2H3,(H,18,21). The lowest BCUT2D eigenvalue weighted by atomic mass is 10.1. The van der Waals surface area contributed by atoms with Crippen LogP contribution in [0.15, 0.2) is 53.1 Å². The monoisotopic (exact) mass is 295 g/mol. The number of aromatic nitrogens is 2. The molecule has 0 saturated heterocycles. The molecule has 0 radical (unpaired) electrons. The Morgan fingerprint density at radius 3 is 2.82 bits per heavy atom. The van der Waals surface area contributed by atoms with Gasteiger partial charge in [0.2, 0.25) is 0 Å². The second-order valence-corrected chi connectivity index (χ2v) is 5.25. The van der Waals surface area contributed by atoms with Crippen LogP contribution in [0.25, 0.3) is 0 Å². The summed E-state index contributed by atoms with van der Waals surface area (Å²) in [6.07, 6.45) is 1.48. The molecule has 2 heterocycles. The van der Waals surface area contributed by atoms with Gasteiger partial charge in [0.25, 0.3) is 5.91 Å². The van der Waals surface area contributed by atoms with Crippen molar-refractivity contribution in [2.24, 2.45) is 0 Å². The largest absolute Gasteiger partial charge is 0.459 e. The molecule has 0 aliphatic rings. The molecule has 3 rings (SSSR count). The van der Waals surface area contributed by atoms with Crippen LogP contribution in [0.5, 0.6) is 0 Å². The molecule has 5 nitrogen and oxygen atoms in total. The number of nitrogens with one attached hydrogen (secondary N) is 1. The zero-order valence-corrected chi connectivity index (χ0v) is 12.5. The highest BCUT2D eigenvalue weighted by molar-refractivity contribution is 6.01. The van der Waals surface area contributed by atoms with Gasteiger partial charge in [-0.3, -0.25) is 4.79 Å². The normalized spacial score (nSPS) is 10.6. The highest BCUT2D eigenvalue weighted by Crippen LogP contribution is 2.15. The predicted molar refractivity (Wildman–Crippen MR) is 83.9 cm³/mol. The lowest BCUT2D eigenvalue weighted by Crippen LogP contribution is -2.15. The molecule has 0 aliphatic carbocycles. The molecule has 2 aromatic heterocycles. The van der Waals surface area contributed by atoms with Gasteiger partial charge in [-0.25, -0.2) is 4.68 Å². The van der Waals surface area contributed by atoms with Crippen molar-refractivity contribution in [1.82, 2.24) is 9.78 Å². The summed E-state index contributed by atoms with van der Waals surface area (Å²) in [4.78, 5) is 12.1. The second kappa shape index (κ2) is 5.89. The molecule has 112 valence electrons. The first-order chi connectivity index (χ1) is 10.6. The van der Waals surface area contributed by atoms with E-state index < -0.39 is 0 Å². The number of anilines is 1. The van der Waals surface area contributed by atoms with E-state index in [0.717, 1.165) is 11.3 Å². The van der Waals surface area contributed by atoms with Crippen molar-refractivity contribution in [1.29, 1.82) is 0 Å². The number of rotatable bonds is 4. The van der Waals surface area contributed by atoms with E-state index in [2.05, 4.69) is 29.5 Å². The van der Waals surface area contributed by atoms with Gasteiger partial charge >= 0.3 is 0 Å².